The van der Waals surface area contributed by atoms with Gasteiger partial charge in [-0.05, 0) is 62.9 Å². The summed E-state index contributed by atoms with van der Waals surface area (Å²) < 4.78 is 0. The van der Waals surface area contributed by atoms with Gasteiger partial charge in [0.05, 0.1) is 5.51 Å². The summed E-state index contributed by atoms with van der Waals surface area (Å²) in [6.07, 6.45) is 7.51. The van der Waals surface area contributed by atoms with Crippen molar-refractivity contribution >= 4 is 11.3 Å². The molecule has 3 heteroatoms. The summed E-state index contributed by atoms with van der Waals surface area (Å²) in [5, 5.41) is 3.38. The average molecular weight is 266 g/mol. The first kappa shape index (κ1) is 14.0. The van der Waals surface area contributed by atoms with E-state index in [-0.39, 0.29) is 0 Å². The summed E-state index contributed by atoms with van der Waals surface area (Å²) >= 11 is 1.81. The van der Waals surface area contributed by atoms with Crippen molar-refractivity contribution in [3.8, 4) is 0 Å². The Bertz CT molecular complexity index is 334. The van der Waals surface area contributed by atoms with Crippen LogP contribution in [0.2, 0.25) is 0 Å². The fourth-order valence-electron chi connectivity index (χ4n) is 3.35. The molecule has 3 atom stereocenters. The molecule has 0 saturated heterocycles. The van der Waals surface area contributed by atoms with Crippen LogP contribution in [0, 0.1) is 23.7 Å². The molecule has 0 amide bonds. The van der Waals surface area contributed by atoms with Gasteiger partial charge in [0.15, 0.2) is 0 Å². The van der Waals surface area contributed by atoms with Crippen molar-refractivity contribution in [2.75, 3.05) is 13.6 Å². The summed E-state index contributed by atoms with van der Waals surface area (Å²) in [7, 11) is 2.08. The molecule has 0 aliphatic heterocycles. The number of aromatic nitrogens is 1. The van der Waals surface area contributed by atoms with Crippen LogP contribution in [0.25, 0.3) is 0 Å². The van der Waals surface area contributed by atoms with Crippen LogP contribution in [-0.4, -0.2) is 18.6 Å². The third-order valence-electron chi connectivity index (χ3n) is 4.54. The van der Waals surface area contributed by atoms with E-state index in [0.29, 0.717) is 0 Å². The van der Waals surface area contributed by atoms with E-state index in [9.17, 15) is 0 Å². The standard InChI is InChI=1S/C15H26N2S/c1-11(2)12-4-5-13(8-16-3)14(6-12)7-15-9-17-10-18-15/h9-14,16H,4-8H2,1-3H3. The van der Waals surface area contributed by atoms with Gasteiger partial charge in [-0.2, -0.15) is 0 Å². The van der Waals surface area contributed by atoms with Crippen LogP contribution < -0.4 is 5.32 Å². The summed E-state index contributed by atoms with van der Waals surface area (Å²) in [4.78, 5) is 5.68. The number of thiazole rings is 1. The molecule has 1 aromatic rings. The molecule has 0 radical (unpaired) electrons. The minimum atomic E-state index is 0.837. The number of hydrogen-bond donors (Lipinski definition) is 1. The molecule has 3 unspecified atom stereocenters. The van der Waals surface area contributed by atoms with E-state index in [1.165, 1.54) is 37.1 Å². The van der Waals surface area contributed by atoms with E-state index in [1.807, 2.05) is 16.8 Å². The summed E-state index contributed by atoms with van der Waals surface area (Å²) in [5.41, 5.74) is 1.96. The number of rotatable bonds is 5. The normalized spacial score (nSPS) is 28.8. The molecule has 102 valence electrons. The topological polar surface area (TPSA) is 24.9 Å². The zero-order valence-electron chi connectivity index (χ0n) is 11.9. The minimum Gasteiger partial charge on any atom is -0.319 e. The third-order valence-corrected chi connectivity index (χ3v) is 5.34. The molecular formula is C15H26N2S. The Balaban J connectivity index is 2.00. The first-order valence-corrected chi connectivity index (χ1v) is 8.10. The fourth-order valence-corrected chi connectivity index (χ4v) is 4.04. The SMILES string of the molecule is CNCC1CCC(C(C)C)CC1Cc1cncs1. The molecule has 0 spiro atoms. The van der Waals surface area contributed by atoms with E-state index in [4.69, 9.17) is 0 Å². The van der Waals surface area contributed by atoms with Gasteiger partial charge in [-0.25, -0.2) is 0 Å². The highest BCUT2D eigenvalue weighted by Gasteiger charge is 2.31. The summed E-state index contributed by atoms with van der Waals surface area (Å²) in [6.45, 7) is 5.94. The van der Waals surface area contributed by atoms with Gasteiger partial charge < -0.3 is 5.32 Å². The highest BCUT2D eigenvalue weighted by Crippen LogP contribution is 2.39. The van der Waals surface area contributed by atoms with Crippen LogP contribution in [0.3, 0.4) is 0 Å². The Morgan fingerprint density at radius 2 is 2.22 bits per heavy atom. The van der Waals surface area contributed by atoms with Crippen LogP contribution in [0.5, 0.6) is 0 Å². The maximum absolute atomic E-state index is 4.22. The van der Waals surface area contributed by atoms with E-state index >= 15 is 0 Å². The lowest BCUT2D eigenvalue weighted by atomic mass is 9.69. The average Bonchev–Trinajstić information content (AvgIpc) is 2.84. The van der Waals surface area contributed by atoms with Crippen LogP contribution in [-0.2, 0) is 6.42 Å². The van der Waals surface area contributed by atoms with Gasteiger partial charge in [0.1, 0.15) is 0 Å². The number of hydrogen-bond acceptors (Lipinski definition) is 3. The maximum Gasteiger partial charge on any atom is 0.0794 e. The van der Waals surface area contributed by atoms with Crippen molar-refractivity contribution in [1.29, 1.82) is 0 Å². The molecule has 1 heterocycles. The van der Waals surface area contributed by atoms with Gasteiger partial charge in [0.25, 0.3) is 0 Å². The first-order valence-electron chi connectivity index (χ1n) is 7.22. The molecule has 1 saturated carbocycles. The monoisotopic (exact) mass is 266 g/mol. The molecule has 18 heavy (non-hydrogen) atoms. The largest absolute Gasteiger partial charge is 0.319 e. The molecule has 0 aromatic carbocycles. The predicted molar refractivity (Wildman–Crippen MR) is 78.9 cm³/mol. The molecule has 1 N–H and O–H groups in total. The van der Waals surface area contributed by atoms with E-state index in [2.05, 4.69) is 37.4 Å². The van der Waals surface area contributed by atoms with Crippen molar-refractivity contribution in [2.24, 2.45) is 23.7 Å². The lowest BCUT2D eigenvalue weighted by Crippen LogP contribution is -2.34. The highest BCUT2D eigenvalue weighted by molar-refractivity contribution is 7.09. The van der Waals surface area contributed by atoms with Crippen LogP contribution in [0.15, 0.2) is 11.7 Å². The van der Waals surface area contributed by atoms with Crippen molar-refractivity contribution in [3.05, 3.63) is 16.6 Å². The minimum absolute atomic E-state index is 0.837. The Morgan fingerprint density at radius 3 is 2.83 bits per heavy atom. The second kappa shape index (κ2) is 6.67. The Labute approximate surface area is 115 Å². The molecule has 2 rings (SSSR count). The third kappa shape index (κ3) is 3.55. The second-order valence-electron chi connectivity index (χ2n) is 6.07. The molecule has 1 aliphatic rings. The molecule has 1 aromatic heterocycles. The van der Waals surface area contributed by atoms with Crippen molar-refractivity contribution in [2.45, 2.75) is 39.5 Å². The lowest BCUT2D eigenvalue weighted by Gasteiger charge is -2.38. The maximum atomic E-state index is 4.22. The van der Waals surface area contributed by atoms with Gasteiger partial charge in [0.2, 0.25) is 0 Å². The van der Waals surface area contributed by atoms with Crippen LogP contribution in [0.1, 0.15) is 38.0 Å². The smallest absolute Gasteiger partial charge is 0.0794 e. The van der Waals surface area contributed by atoms with Crippen molar-refractivity contribution < 1.29 is 0 Å². The quantitative estimate of drug-likeness (QED) is 0.881. The van der Waals surface area contributed by atoms with Gasteiger partial charge >= 0.3 is 0 Å². The zero-order valence-corrected chi connectivity index (χ0v) is 12.7. The van der Waals surface area contributed by atoms with Crippen molar-refractivity contribution in [1.82, 2.24) is 10.3 Å². The van der Waals surface area contributed by atoms with E-state index < -0.39 is 0 Å². The zero-order chi connectivity index (χ0) is 13.0. The van der Waals surface area contributed by atoms with Crippen LogP contribution >= 0.6 is 11.3 Å². The molecular weight excluding hydrogens is 240 g/mol. The molecule has 1 fully saturated rings. The summed E-state index contributed by atoms with van der Waals surface area (Å²) in [5.74, 6) is 3.46. The molecule has 2 nitrogen and oxygen atoms in total. The Morgan fingerprint density at radius 1 is 1.39 bits per heavy atom. The number of nitrogens with one attached hydrogen (secondary N) is 1. The van der Waals surface area contributed by atoms with Gasteiger partial charge in [-0.15, -0.1) is 11.3 Å². The predicted octanol–water partition coefficient (Wildman–Crippen LogP) is 3.59. The van der Waals surface area contributed by atoms with Crippen LogP contribution in [0.4, 0.5) is 0 Å². The molecule has 1 aliphatic carbocycles. The van der Waals surface area contributed by atoms with Gasteiger partial charge in [-0.1, -0.05) is 13.8 Å². The lowest BCUT2D eigenvalue weighted by molar-refractivity contribution is 0.146. The number of nitrogens with zero attached hydrogens (tertiary/aromatic N) is 1. The summed E-state index contributed by atoms with van der Waals surface area (Å²) in [6, 6.07) is 0. The Hall–Kier alpha value is -0.410. The first-order chi connectivity index (χ1) is 8.70. The van der Waals surface area contributed by atoms with Crippen molar-refractivity contribution in [3.63, 3.8) is 0 Å². The highest BCUT2D eigenvalue weighted by atomic mass is 32.1. The van der Waals surface area contributed by atoms with E-state index in [1.54, 1.807) is 0 Å². The van der Waals surface area contributed by atoms with E-state index in [0.717, 1.165) is 23.7 Å². The molecule has 0 bridgehead atoms. The fraction of sp³-hybridized carbons (Fsp3) is 0.800. The van der Waals surface area contributed by atoms with Gasteiger partial charge in [-0.3, -0.25) is 4.98 Å². The van der Waals surface area contributed by atoms with Gasteiger partial charge in [0, 0.05) is 11.1 Å². The Kier molecular flexibility index (Phi) is 5.19. The second-order valence-corrected chi connectivity index (χ2v) is 7.04.